The van der Waals surface area contributed by atoms with Crippen LogP contribution in [0.3, 0.4) is 0 Å². The normalized spacial score (nSPS) is 17.4. The van der Waals surface area contributed by atoms with Crippen molar-refractivity contribution in [1.82, 2.24) is 5.32 Å². The third kappa shape index (κ3) is 35.3. The van der Waals surface area contributed by atoms with Gasteiger partial charge in [-0.15, -0.1) is 12.4 Å². The molecule has 4 aliphatic carbocycles. The SMILES string of the molecule is C.C.CC(C)(C)OC(=O)N[C@@H](CO)C1CC1.CC(C)(C)OC(=O)OC(=O)OC(C)(C)C.Cl.N[C@@H](C(=O)O)C1CC1.N[C@@H](C(=O)O)C1CC1.[N-]=[N+]=NC[C@H](N)C1CC1. The number of aliphatic carboxylic acids is 2. The highest BCUT2D eigenvalue weighted by atomic mass is 35.5. The fourth-order valence-corrected chi connectivity index (χ4v) is 4.00. The van der Waals surface area contributed by atoms with E-state index in [1.165, 1.54) is 12.8 Å². The van der Waals surface area contributed by atoms with Gasteiger partial charge in [0.25, 0.3) is 0 Å². The second-order valence-corrected chi connectivity index (χ2v) is 16.6. The molecule has 10 N–H and O–H groups in total. The van der Waals surface area contributed by atoms with Gasteiger partial charge in [0, 0.05) is 17.5 Å². The Morgan fingerprint density at radius 2 is 1.02 bits per heavy atom. The number of carboxylic acids is 2. The summed E-state index contributed by atoms with van der Waals surface area (Å²) in [5.74, 6) is -0.122. The summed E-state index contributed by atoms with van der Waals surface area (Å²) in [4.78, 5) is 56.1. The molecule has 0 aliphatic heterocycles. The Labute approximate surface area is 344 Å². The standard InChI is InChI=1S/C10H19NO3.C10H18O5.C5H10N4.2C5H9NO2.2CH4.ClH/c1-10(2,3)14-9(13)11-8(6-12)7-4-5-7;1-9(2,3)14-7(11)13-8(12)15-10(4,5)6;6-5(3-8-9-7)4-1-2-4;2*6-4(5(7)8)3-1-2-3;;;/h7-8,12H,4-6H2,1-3H3,(H,11,13);1-6H3;4-5H,1-3,6H2;2*3-4H,1-2,6H2,(H,7,8);2*1H4;1H/t8-;;5-;2*4-;;;/m0.011.../s1. The van der Waals surface area contributed by atoms with Gasteiger partial charge < -0.3 is 56.8 Å². The largest absolute Gasteiger partial charge is 0.519 e. The molecular weight excluding hydrogens is 770 g/mol. The Kier molecular flexibility index (Phi) is 29.4. The van der Waals surface area contributed by atoms with E-state index in [1.54, 1.807) is 41.5 Å². The lowest BCUT2D eigenvalue weighted by Crippen LogP contribution is -2.42. The van der Waals surface area contributed by atoms with Gasteiger partial charge in [-0.2, -0.15) is 0 Å². The first-order valence-corrected chi connectivity index (χ1v) is 18.2. The number of hydrogen-bond donors (Lipinski definition) is 7. The van der Waals surface area contributed by atoms with E-state index in [0.717, 1.165) is 38.5 Å². The van der Waals surface area contributed by atoms with Crippen LogP contribution in [0.2, 0.25) is 0 Å². The minimum absolute atomic E-state index is 0. The zero-order chi connectivity index (χ0) is 42.0. The molecule has 0 heterocycles. The average molecular weight is 844 g/mol. The quantitative estimate of drug-likeness (QED) is 0.0308. The average Bonchev–Trinajstić information content (AvgIpc) is 3.83. The van der Waals surface area contributed by atoms with Crippen molar-refractivity contribution < 1.29 is 58.2 Å². The van der Waals surface area contributed by atoms with Gasteiger partial charge in [0.15, 0.2) is 0 Å². The summed E-state index contributed by atoms with van der Waals surface area (Å²) in [5.41, 5.74) is 22.1. The number of ether oxygens (including phenoxy) is 4. The Balaban J connectivity index is -0.000000311. The summed E-state index contributed by atoms with van der Waals surface area (Å²) in [6.07, 6.45) is 6.01. The second kappa shape index (κ2) is 27.9. The Morgan fingerprint density at radius 3 is 1.25 bits per heavy atom. The molecule has 19 nitrogen and oxygen atoms in total. The van der Waals surface area contributed by atoms with E-state index in [2.05, 4.69) is 20.1 Å². The van der Waals surface area contributed by atoms with Gasteiger partial charge >= 0.3 is 30.3 Å². The van der Waals surface area contributed by atoms with E-state index in [9.17, 15) is 24.0 Å². The molecule has 4 rings (SSSR count). The predicted octanol–water partition coefficient (Wildman–Crippen LogP) is 6.50. The molecule has 4 atom stereocenters. The Morgan fingerprint density at radius 1 is 0.684 bits per heavy atom. The van der Waals surface area contributed by atoms with Crippen LogP contribution in [0.4, 0.5) is 14.4 Å². The Bertz CT molecular complexity index is 1200. The summed E-state index contributed by atoms with van der Waals surface area (Å²) in [6.45, 7) is 15.9. The molecule has 0 saturated heterocycles. The lowest BCUT2D eigenvalue weighted by molar-refractivity contribution is -0.140. The summed E-state index contributed by atoms with van der Waals surface area (Å²) in [6, 6.07) is -1.23. The first-order chi connectivity index (χ1) is 24.7. The van der Waals surface area contributed by atoms with E-state index < -0.39 is 59.2 Å². The number of alkyl carbamates (subject to hydrolysis) is 1. The predicted molar refractivity (Wildman–Crippen MR) is 219 cm³/mol. The smallest absolute Gasteiger partial charge is 0.480 e. The molecule has 0 aromatic heterocycles. The lowest BCUT2D eigenvalue weighted by Gasteiger charge is -2.22. The summed E-state index contributed by atoms with van der Waals surface area (Å²) in [7, 11) is 0. The van der Waals surface area contributed by atoms with Gasteiger partial charge in [-0.25, -0.2) is 14.4 Å². The number of carboxylic acid groups (broad SMARTS) is 2. The molecular formula is C37H74ClN7O12. The first-order valence-electron chi connectivity index (χ1n) is 18.2. The van der Waals surface area contributed by atoms with Crippen molar-refractivity contribution >= 4 is 42.7 Å². The van der Waals surface area contributed by atoms with Crippen molar-refractivity contribution in [1.29, 1.82) is 0 Å². The zero-order valence-electron chi connectivity index (χ0n) is 33.7. The number of nitrogens with zero attached hydrogens (tertiary/aromatic N) is 3. The highest BCUT2D eigenvalue weighted by Gasteiger charge is 2.34. The van der Waals surface area contributed by atoms with E-state index in [4.69, 9.17) is 52.3 Å². The number of halogens is 1. The number of rotatable bonds is 10. The van der Waals surface area contributed by atoms with Crippen LogP contribution in [-0.2, 0) is 28.5 Å². The monoisotopic (exact) mass is 844 g/mol. The molecule has 4 saturated carbocycles. The molecule has 0 unspecified atom stereocenters. The molecule has 20 heteroatoms. The van der Waals surface area contributed by atoms with Crippen molar-refractivity contribution in [3.05, 3.63) is 10.4 Å². The fraction of sp³-hybridized carbons (Fsp3) is 0.865. The summed E-state index contributed by atoms with van der Waals surface area (Å²) >= 11 is 0. The van der Waals surface area contributed by atoms with Crippen LogP contribution in [-0.4, -0.2) is 99.8 Å². The van der Waals surface area contributed by atoms with Crippen molar-refractivity contribution in [2.24, 2.45) is 46.0 Å². The molecule has 1 amide bonds. The number of hydrogen-bond acceptors (Lipinski definition) is 14. The molecule has 0 spiro atoms. The maximum absolute atomic E-state index is 11.3. The molecule has 336 valence electrons. The number of nitrogens with one attached hydrogen (secondary N) is 1. The van der Waals surface area contributed by atoms with Crippen LogP contribution in [0.1, 0.15) is 129 Å². The van der Waals surface area contributed by atoms with Gasteiger partial charge in [0.2, 0.25) is 0 Å². The van der Waals surface area contributed by atoms with Crippen LogP contribution in [0.5, 0.6) is 0 Å². The van der Waals surface area contributed by atoms with E-state index in [-0.39, 0.29) is 57.8 Å². The van der Waals surface area contributed by atoms with Crippen molar-refractivity contribution in [2.75, 3.05) is 13.2 Å². The third-order valence-electron chi connectivity index (χ3n) is 7.45. The minimum atomic E-state index is -1.06. The number of nitrogens with two attached hydrogens (primary N) is 3. The van der Waals surface area contributed by atoms with Crippen LogP contribution in [0.15, 0.2) is 5.11 Å². The fourth-order valence-electron chi connectivity index (χ4n) is 4.00. The number of aliphatic hydroxyl groups excluding tert-OH is 1. The molecule has 0 aromatic rings. The van der Waals surface area contributed by atoms with Gasteiger partial charge in [-0.05, 0) is 143 Å². The van der Waals surface area contributed by atoms with Gasteiger partial charge in [-0.3, -0.25) is 9.59 Å². The maximum Gasteiger partial charge on any atom is 0.519 e. The van der Waals surface area contributed by atoms with Crippen LogP contribution < -0.4 is 22.5 Å². The topological polar surface area (TPSA) is 322 Å². The van der Waals surface area contributed by atoms with Crippen molar-refractivity contribution in [2.45, 2.75) is 170 Å². The van der Waals surface area contributed by atoms with Crippen LogP contribution in [0, 0.1) is 23.7 Å². The zero-order valence-corrected chi connectivity index (χ0v) is 34.5. The Hall–Kier alpha value is -3.61. The number of amides is 1. The second-order valence-electron chi connectivity index (χ2n) is 16.6. The first kappa shape index (κ1) is 60.1. The number of carbonyl (C=O) groups excluding carboxylic acids is 3. The van der Waals surface area contributed by atoms with E-state index in [1.807, 2.05) is 20.8 Å². The highest BCUT2D eigenvalue weighted by Crippen LogP contribution is 2.33. The molecule has 57 heavy (non-hydrogen) atoms. The number of carbonyl (C=O) groups is 5. The van der Waals surface area contributed by atoms with Crippen LogP contribution in [0.25, 0.3) is 10.4 Å². The third-order valence-corrected chi connectivity index (χ3v) is 7.45. The molecule has 4 aliphatic rings. The highest BCUT2D eigenvalue weighted by molar-refractivity contribution is 5.85. The van der Waals surface area contributed by atoms with E-state index in [0.29, 0.717) is 18.4 Å². The number of azide groups is 1. The summed E-state index contributed by atoms with van der Waals surface area (Å²) in [5, 5.41) is 31.6. The van der Waals surface area contributed by atoms with Crippen LogP contribution >= 0.6 is 12.4 Å². The minimum Gasteiger partial charge on any atom is -0.480 e. The van der Waals surface area contributed by atoms with E-state index >= 15 is 0 Å². The van der Waals surface area contributed by atoms with Crippen molar-refractivity contribution in [3.63, 3.8) is 0 Å². The molecule has 0 aromatic carbocycles. The molecule has 4 fully saturated rings. The molecule has 0 radical (unpaired) electrons. The van der Waals surface area contributed by atoms with Gasteiger partial charge in [0.1, 0.15) is 28.9 Å². The lowest BCUT2D eigenvalue weighted by atomic mass is 10.2. The van der Waals surface area contributed by atoms with Gasteiger partial charge in [0.05, 0.1) is 12.6 Å². The van der Waals surface area contributed by atoms with Crippen molar-refractivity contribution in [3.8, 4) is 0 Å². The number of aliphatic hydroxyl groups is 1. The summed E-state index contributed by atoms with van der Waals surface area (Å²) < 4.78 is 18.9. The maximum atomic E-state index is 11.3. The van der Waals surface area contributed by atoms with Gasteiger partial charge in [-0.1, -0.05) is 20.0 Å². The molecule has 0 bridgehead atoms.